The third-order valence-electron chi connectivity index (χ3n) is 1.83. The van der Waals surface area contributed by atoms with E-state index in [4.69, 9.17) is 10.5 Å². The predicted octanol–water partition coefficient (Wildman–Crippen LogP) is 2.26. The first-order valence-corrected chi connectivity index (χ1v) is 4.77. The summed E-state index contributed by atoms with van der Waals surface area (Å²) in [4.78, 5) is 6.88. The van der Waals surface area contributed by atoms with Crippen LogP contribution in [0, 0.1) is 0 Å². The SMILES string of the molecule is CCCCOc1ncc(C(F)(F)F)c(N)n1. The summed E-state index contributed by atoms with van der Waals surface area (Å²) in [5.41, 5.74) is 4.11. The van der Waals surface area contributed by atoms with E-state index in [1.165, 1.54) is 0 Å². The van der Waals surface area contributed by atoms with Crippen LogP contribution in [0.2, 0.25) is 0 Å². The van der Waals surface area contributed by atoms with Crippen molar-refractivity contribution in [3.63, 3.8) is 0 Å². The third kappa shape index (κ3) is 3.25. The molecular weight excluding hydrogens is 223 g/mol. The molecule has 0 aliphatic rings. The Kier molecular flexibility index (Phi) is 3.92. The Morgan fingerprint density at radius 1 is 1.44 bits per heavy atom. The van der Waals surface area contributed by atoms with Crippen LogP contribution in [0.3, 0.4) is 0 Å². The van der Waals surface area contributed by atoms with Crippen LogP contribution in [0.25, 0.3) is 0 Å². The van der Waals surface area contributed by atoms with Crippen molar-refractivity contribution in [2.24, 2.45) is 0 Å². The molecule has 0 spiro atoms. The molecule has 0 aliphatic heterocycles. The second-order valence-electron chi connectivity index (χ2n) is 3.15. The molecule has 0 aromatic carbocycles. The van der Waals surface area contributed by atoms with E-state index in [0.717, 1.165) is 12.8 Å². The van der Waals surface area contributed by atoms with E-state index in [9.17, 15) is 13.2 Å². The molecule has 0 fully saturated rings. The molecule has 0 saturated carbocycles. The molecule has 90 valence electrons. The maximum atomic E-state index is 12.3. The Bertz CT molecular complexity index is 354. The lowest BCUT2D eigenvalue weighted by Gasteiger charge is -2.09. The van der Waals surface area contributed by atoms with Gasteiger partial charge in [-0.2, -0.15) is 18.2 Å². The van der Waals surface area contributed by atoms with Gasteiger partial charge in [0.1, 0.15) is 11.4 Å². The van der Waals surface area contributed by atoms with E-state index in [-0.39, 0.29) is 6.01 Å². The number of anilines is 1. The largest absolute Gasteiger partial charge is 0.463 e. The van der Waals surface area contributed by atoms with Crippen LogP contribution in [0.5, 0.6) is 6.01 Å². The summed E-state index contributed by atoms with van der Waals surface area (Å²) in [5.74, 6) is -0.617. The molecule has 0 aliphatic carbocycles. The monoisotopic (exact) mass is 235 g/mol. The zero-order valence-corrected chi connectivity index (χ0v) is 8.71. The van der Waals surface area contributed by atoms with E-state index in [1.54, 1.807) is 0 Å². The van der Waals surface area contributed by atoms with Gasteiger partial charge in [0.05, 0.1) is 6.61 Å². The smallest absolute Gasteiger partial charge is 0.421 e. The molecule has 0 amide bonds. The fourth-order valence-electron chi connectivity index (χ4n) is 0.974. The lowest BCUT2D eigenvalue weighted by atomic mass is 10.3. The molecule has 7 heteroatoms. The maximum Gasteiger partial charge on any atom is 0.421 e. The van der Waals surface area contributed by atoms with Gasteiger partial charge in [-0.3, -0.25) is 0 Å². The van der Waals surface area contributed by atoms with E-state index >= 15 is 0 Å². The quantitative estimate of drug-likeness (QED) is 0.813. The van der Waals surface area contributed by atoms with Crippen LogP contribution in [-0.2, 0) is 6.18 Å². The van der Waals surface area contributed by atoms with Crippen molar-refractivity contribution in [2.75, 3.05) is 12.3 Å². The number of hydrogen-bond donors (Lipinski definition) is 1. The lowest BCUT2D eigenvalue weighted by Crippen LogP contribution is -2.12. The van der Waals surface area contributed by atoms with E-state index in [2.05, 4.69) is 9.97 Å². The van der Waals surface area contributed by atoms with Gasteiger partial charge >= 0.3 is 12.2 Å². The number of ether oxygens (including phenoxy) is 1. The second kappa shape index (κ2) is 5.00. The Hall–Kier alpha value is -1.53. The standard InChI is InChI=1S/C9H12F3N3O/c1-2-3-4-16-8-14-5-6(7(13)15-8)9(10,11)12/h5H,2-4H2,1H3,(H2,13,14,15). The summed E-state index contributed by atoms with van der Waals surface area (Å²) in [7, 11) is 0. The number of aromatic nitrogens is 2. The van der Waals surface area contributed by atoms with Crippen molar-refractivity contribution < 1.29 is 17.9 Å². The van der Waals surface area contributed by atoms with Crippen molar-refractivity contribution in [2.45, 2.75) is 25.9 Å². The number of alkyl halides is 3. The maximum absolute atomic E-state index is 12.3. The highest BCUT2D eigenvalue weighted by Gasteiger charge is 2.34. The molecule has 1 heterocycles. The minimum atomic E-state index is -4.54. The minimum Gasteiger partial charge on any atom is -0.463 e. The van der Waals surface area contributed by atoms with Gasteiger partial charge in [-0.15, -0.1) is 0 Å². The molecule has 0 bridgehead atoms. The van der Waals surface area contributed by atoms with Gasteiger partial charge in [0, 0.05) is 6.20 Å². The van der Waals surface area contributed by atoms with Crippen molar-refractivity contribution >= 4 is 5.82 Å². The van der Waals surface area contributed by atoms with Crippen LogP contribution in [0.15, 0.2) is 6.20 Å². The first kappa shape index (κ1) is 12.5. The summed E-state index contributed by atoms with van der Waals surface area (Å²) in [5, 5.41) is 0. The number of rotatable bonds is 4. The normalized spacial score (nSPS) is 11.5. The highest BCUT2D eigenvalue weighted by atomic mass is 19.4. The molecule has 0 saturated heterocycles. The van der Waals surface area contributed by atoms with Crippen LogP contribution >= 0.6 is 0 Å². The number of halogens is 3. The average molecular weight is 235 g/mol. The Morgan fingerprint density at radius 3 is 2.62 bits per heavy atom. The van der Waals surface area contributed by atoms with Crippen molar-refractivity contribution in [1.29, 1.82) is 0 Å². The van der Waals surface area contributed by atoms with Gasteiger partial charge in [-0.25, -0.2) is 4.98 Å². The van der Waals surface area contributed by atoms with Gasteiger partial charge in [-0.1, -0.05) is 13.3 Å². The first-order chi connectivity index (χ1) is 7.45. The number of nitrogen functional groups attached to an aromatic ring is 1. The Labute approximate surface area is 90.6 Å². The van der Waals surface area contributed by atoms with Crippen LogP contribution < -0.4 is 10.5 Å². The summed E-state index contributed by atoms with van der Waals surface area (Å²) in [6.45, 7) is 2.33. The van der Waals surface area contributed by atoms with Crippen molar-refractivity contribution in [3.05, 3.63) is 11.8 Å². The minimum absolute atomic E-state index is 0.126. The third-order valence-corrected chi connectivity index (χ3v) is 1.83. The summed E-state index contributed by atoms with van der Waals surface area (Å²) < 4.78 is 41.9. The number of hydrogen-bond acceptors (Lipinski definition) is 4. The lowest BCUT2D eigenvalue weighted by molar-refractivity contribution is -0.137. The highest BCUT2D eigenvalue weighted by Crippen LogP contribution is 2.32. The van der Waals surface area contributed by atoms with Crippen molar-refractivity contribution in [3.8, 4) is 6.01 Å². The molecule has 0 unspecified atom stereocenters. The second-order valence-corrected chi connectivity index (χ2v) is 3.15. The van der Waals surface area contributed by atoms with Crippen LogP contribution in [-0.4, -0.2) is 16.6 Å². The topological polar surface area (TPSA) is 61.0 Å². The highest BCUT2D eigenvalue weighted by molar-refractivity contribution is 5.40. The fraction of sp³-hybridized carbons (Fsp3) is 0.556. The fourth-order valence-corrected chi connectivity index (χ4v) is 0.974. The van der Waals surface area contributed by atoms with Crippen LogP contribution in [0.1, 0.15) is 25.3 Å². The molecule has 0 radical (unpaired) electrons. The van der Waals surface area contributed by atoms with E-state index in [1.807, 2.05) is 6.92 Å². The molecule has 0 atom stereocenters. The molecule has 2 N–H and O–H groups in total. The van der Waals surface area contributed by atoms with Gasteiger partial charge in [0.2, 0.25) is 0 Å². The number of nitrogens with zero attached hydrogens (tertiary/aromatic N) is 2. The molecule has 1 rings (SSSR count). The summed E-state index contributed by atoms with van der Waals surface area (Å²) >= 11 is 0. The first-order valence-electron chi connectivity index (χ1n) is 4.77. The number of unbranched alkanes of at least 4 members (excludes halogenated alkanes) is 1. The summed E-state index contributed by atoms with van der Waals surface area (Å²) in [6, 6.07) is -0.126. The Morgan fingerprint density at radius 2 is 2.12 bits per heavy atom. The molecule has 1 aromatic heterocycles. The van der Waals surface area contributed by atoms with Gasteiger partial charge in [0.15, 0.2) is 0 Å². The predicted molar refractivity (Wildman–Crippen MR) is 51.8 cm³/mol. The molecule has 16 heavy (non-hydrogen) atoms. The van der Waals surface area contributed by atoms with Crippen molar-refractivity contribution in [1.82, 2.24) is 9.97 Å². The summed E-state index contributed by atoms with van der Waals surface area (Å²) in [6.07, 6.45) is -2.21. The zero-order chi connectivity index (χ0) is 12.2. The van der Waals surface area contributed by atoms with Crippen LogP contribution in [0.4, 0.5) is 19.0 Å². The average Bonchev–Trinajstić information content (AvgIpc) is 2.16. The number of nitrogens with two attached hydrogens (primary N) is 1. The van der Waals surface area contributed by atoms with Gasteiger partial charge < -0.3 is 10.5 Å². The van der Waals surface area contributed by atoms with E-state index < -0.39 is 17.6 Å². The van der Waals surface area contributed by atoms with E-state index in [0.29, 0.717) is 12.8 Å². The van der Waals surface area contributed by atoms with Gasteiger partial charge in [-0.05, 0) is 6.42 Å². The Balaban J connectivity index is 2.75. The molecule has 4 nitrogen and oxygen atoms in total. The van der Waals surface area contributed by atoms with Gasteiger partial charge in [0.25, 0.3) is 0 Å². The molecular formula is C9H12F3N3O. The molecule has 1 aromatic rings. The zero-order valence-electron chi connectivity index (χ0n) is 8.71.